The first kappa shape index (κ1) is 20.6. The summed E-state index contributed by atoms with van der Waals surface area (Å²) in [5.41, 5.74) is 0. The fraction of sp³-hybridized carbons (Fsp3) is 0.714. The Bertz CT molecular complexity index is 398. The van der Waals surface area contributed by atoms with E-state index < -0.39 is 0 Å². The number of guanidine groups is 1. The van der Waals surface area contributed by atoms with Crippen molar-refractivity contribution in [1.82, 2.24) is 15.6 Å². The Kier molecular flexibility index (Phi) is 13.0. The maximum atomic E-state index is 5.31. The first-order chi connectivity index (χ1) is 9.80. The molecule has 7 heteroatoms. The SMILES string of the molecule is CCNC(=NCc1ncc(CC)s1)NCCCOCC.I. The molecule has 0 aromatic carbocycles. The highest BCUT2D eigenvalue weighted by atomic mass is 127. The van der Waals surface area contributed by atoms with Crippen LogP contribution in [-0.2, 0) is 17.7 Å². The van der Waals surface area contributed by atoms with Gasteiger partial charge >= 0.3 is 0 Å². The normalized spacial score (nSPS) is 11.1. The molecule has 1 heterocycles. The lowest BCUT2D eigenvalue weighted by Crippen LogP contribution is -2.38. The van der Waals surface area contributed by atoms with E-state index in [-0.39, 0.29) is 24.0 Å². The van der Waals surface area contributed by atoms with Gasteiger partial charge in [-0.3, -0.25) is 0 Å². The molecule has 0 radical (unpaired) electrons. The second-order valence-electron chi connectivity index (χ2n) is 4.25. The van der Waals surface area contributed by atoms with Crippen LogP contribution in [0, 0.1) is 0 Å². The molecule has 122 valence electrons. The van der Waals surface area contributed by atoms with Crippen molar-refractivity contribution < 1.29 is 4.74 Å². The van der Waals surface area contributed by atoms with Gasteiger partial charge in [-0.25, -0.2) is 9.98 Å². The van der Waals surface area contributed by atoms with E-state index in [2.05, 4.69) is 34.5 Å². The van der Waals surface area contributed by atoms with Gasteiger partial charge in [-0.1, -0.05) is 6.92 Å². The van der Waals surface area contributed by atoms with E-state index in [1.54, 1.807) is 11.3 Å². The van der Waals surface area contributed by atoms with E-state index in [1.807, 2.05) is 13.1 Å². The Morgan fingerprint density at radius 1 is 1.33 bits per heavy atom. The predicted octanol–water partition coefficient (Wildman–Crippen LogP) is 2.81. The van der Waals surface area contributed by atoms with Gasteiger partial charge in [0.1, 0.15) is 5.01 Å². The van der Waals surface area contributed by atoms with E-state index in [0.29, 0.717) is 6.54 Å². The smallest absolute Gasteiger partial charge is 0.191 e. The van der Waals surface area contributed by atoms with E-state index >= 15 is 0 Å². The number of thiazole rings is 1. The topological polar surface area (TPSA) is 58.5 Å². The quantitative estimate of drug-likeness (QED) is 0.276. The summed E-state index contributed by atoms with van der Waals surface area (Å²) in [6.07, 6.45) is 3.96. The van der Waals surface area contributed by atoms with Crippen molar-refractivity contribution >= 4 is 41.3 Å². The van der Waals surface area contributed by atoms with Crippen LogP contribution in [0.1, 0.15) is 37.1 Å². The number of aliphatic imine (C=N–C) groups is 1. The summed E-state index contributed by atoms with van der Waals surface area (Å²) in [5.74, 6) is 0.845. The molecule has 0 fully saturated rings. The summed E-state index contributed by atoms with van der Waals surface area (Å²) >= 11 is 1.73. The molecule has 0 saturated carbocycles. The fourth-order valence-electron chi connectivity index (χ4n) is 1.60. The number of hydrogen-bond donors (Lipinski definition) is 2. The zero-order valence-electron chi connectivity index (χ0n) is 13.1. The number of nitrogens with one attached hydrogen (secondary N) is 2. The summed E-state index contributed by atoms with van der Waals surface area (Å²) in [4.78, 5) is 10.2. The lowest BCUT2D eigenvalue weighted by atomic mass is 10.4. The predicted molar refractivity (Wildman–Crippen MR) is 101 cm³/mol. The van der Waals surface area contributed by atoms with Gasteiger partial charge < -0.3 is 15.4 Å². The van der Waals surface area contributed by atoms with Crippen LogP contribution in [0.5, 0.6) is 0 Å². The van der Waals surface area contributed by atoms with Gasteiger partial charge in [0.05, 0.1) is 6.54 Å². The van der Waals surface area contributed by atoms with Crippen molar-refractivity contribution in [3.63, 3.8) is 0 Å². The Hall–Kier alpha value is -0.410. The van der Waals surface area contributed by atoms with Gasteiger partial charge in [-0.05, 0) is 26.7 Å². The second kappa shape index (κ2) is 13.3. The van der Waals surface area contributed by atoms with Crippen LogP contribution < -0.4 is 10.6 Å². The molecule has 1 rings (SSSR count). The lowest BCUT2D eigenvalue weighted by molar-refractivity contribution is 0.145. The summed E-state index contributed by atoms with van der Waals surface area (Å²) in [7, 11) is 0. The zero-order chi connectivity index (χ0) is 14.6. The number of aromatic nitrogens is 1. The monoisotopic (exact) mass is 426 g/mol. The Balaban J connectivity index is 0.00000400. The first-order valence-electron chi connectivity index (χ1n) is 7.33. The molecule has 0 spiro atoms. The molecule has 0 bridgehead atoms. The molecule has 0 aliphatic heterocycles. The summed E-state index contributed by atoms with van der Waals surface area (Å²) in [6.45, 7) is 10.1. The van der Waals surface area contributed by atoms with Crippen LogP contribution in [0.15, 0.2) is 11.2 Å². The van der Waals surface area contributed by atoms with Crippen LogP contribution in [0.2, 0.25) is 0 Å². The van der Waals surface area contributed by atoms with Crippen LogP contribution >= 0.6 is 35.3 Å². The van der Waals surface area contributed by atoms with Crippen molar-refractivity contribution in [2.75, 3.05) is 26.3 Å². The first-order valence-corrected chi connectivity index (χ1v) is 8.15. The average molecular weight is 426 g/mol. The molecular formula is C14H27IN4OS. The van der Waals surface area contributed by atoms with Crippen molar-refractivity contribution in [3.05, 3.63) is 16.1 Å². The third-order valence-corrected chi connectivity index (χ3v) is 3.75. The van der Waals surface area contributed by atoms with Crippen molar-refractivity contribution in [2.24, 2.45) is 4.99 Å². The Labute approximate surface area is 149 Å². The maximum Gasteiger partial charge on any atom is 0.191 e. The largest absolute Gasteiger partial charge is 0.382 e. The maximum absolute atomic E-state index is 5.31. The van der Waals surface area contributed by atoms with E-state index in [9.17, 15) is 0 Å². The molecule has 5 nitrogen and oxygen atoms in total. The van der Waals surface area contributed by atoms with E-state index in [4.69, 9.17) is 4.74 Å². The van der Waals surface area contributed by atoms with Gasteiger partial charge in [0.15, 0.2) is 5.96 Å². The molecule has 1 aromatic rings. The lowest BCUT2D eigenvalue weighted by Gasteiger charge is -2.10. The minimum Gasteiger partial charge on any atom is -0.382 e. The molecule has 0 aliphatic carbocycles. The summed E-state index contributed by atoms with van der Waals surface area (Å²) < 4.78 is 5.31. The molecule has 21 heavy (non-hydrogen) atoms. The Morgan fingerprint density at radius 2 is 2.14 bits per heavy atom. The minimum absolute atomic E-state index is 0. The highest BCUT2D eigenvalue weighted by Crippen LogP contribution is 2.13. The van der Waals surface area contributed by atoms with Gasteiger partial charge in [0.2, 0.25) is 0 Å². The third-order valence-electron chi connectivity index (χ3n) is 2.63. The number of aryl methyl sites for hydroxylation is 1. The van der Waals surface area contributed by atoms with Gasteiger partial charge in [0.25, 0.3) is 0 Å². The van der Waals surface area contributed by atoms with E-state index in [0.717, 1.165) is 50.1 Å². The van der Waals surface area contributed by atoms with Gasteiger partial charge in [0, 0.05) is 37.4 Å². The molecule has 2 N–H and O–H groups in total. The van der Waals surface area contributed by atoms with Crippen LogP contribution in [0.25, 0.3) is 0 Å². The van der Waals surface area contributed by atoms with Crippen LogP contribution in [-0.4, -0.2) is 37.2 Å². The highest BCUT2D eigenvalue weighted by Gasteiger charge is 2.01. The Morgan fingerprint density at radius 3 is 2.76 bits per heavy atom. The molecule has 0 unspecified atom stereocenters. The van der Waals surface area contributed by atoms with Crippen molar-refractivity contribution in [2.45, 2.75) is 40.2 Å². The van der Waals surface area contributed by atoms with Crippen LogP contribution in [0.3, 0.4) is 0 Å². The average Bonchev–Trinajstić information content (AvgIpc) is 2.92. The number of halogens is 1. The number of hydrogen-bond acceptors (Lipinski definition) is 4. The number of nitrogens with zero attached hydrogens (tertiary/aromatic N) is 2. The number of ether oxygens (including phenoxy) is 1. The molecule has 0 saturated heterocycles. The molecule has 0 aliphatic rings. The van der Waals surface area contributed by atoms with Crippen molar-refractivity contribution in [3.8, 4) is 0 Å². The van der Waals surface area contributed by atoms with Crippen molar-refractivity contribution in [1.29, 1.82) is 0 Å². The van der Waals surface area contributed by atoms with Gasteiger partial charge in [-0.15, -0.1) is 35.3 Å². The molecule has 1 aromatic heterocycles. The van der Waals surface area contributed by atoms with Gasteiger partial charge in [-0.2, -0.15) is 0 Å². The number of rotatable bonds is 9. The van der Waals surface area contributed by atoms with E-state index in [1.165, 1.54) is 4.88 Å². The zero-order valence-corrected chi connectivity index (χ0v) is 16.3. The standard InChI is InChI=1S/C14H26N4OS.HI/c1-4-12-10-17-13(20-12)11-18-14(15-5-2)16-8-7-9-19-6-3;/h10H,4-9,11H2,1-3H3,(H2,15,16,18);1H. The molecule has 0 amide bonds. The highest BCUT2D eigenvalue weighted by molar-refractivity contribution is 14.0. The molecular weight excluding hydrogens is 399 g/mol. The summed E-state index contributed by atoms with van der Waals surface area (Å²) in [5, 5.41) is 7.61. The van der Waals surface area contributed by atoms with Crippen LogP contribution in [0.4, 0.5) is 0 Å². The second-order valence-corrected chi connectivity index (χ2v) is 5.45. The molecule has 0 atom stereocenters. The minimum atomic E-state index is 0. The third kappa shape index (κ3) is 9.26. The summed E-state index contributed by atoms with van der Waals surface area (Å²) in [6, 6.07) is 0. The fourth-order valence-corrected chi connectivity index (χ4v) is 2.39.